The highest BCUT2D eigenvalue weighted by atomic mass is 35.5. The standard InChI is InChI=1S/C13H17ClO2S/c14-11-1-3-12(4-2-11)16-9-13(15)10-5-7-17-8-6-10/h1-4,10,13,15H,5-9H2. The average molecular weight is 273 g/mol. The van der Waals surface area contributed by atoms with Gasteiger partial charge < -0.3 is 9.84 Å². The van der Waals surface area contributed by atoms with E-state index in [2.05, 4.69) is 0 Å². The summed E-state index contributed by atoms with van der Waals surface area (Å²) in [6, 6.07) is 7.23. The summed E-state index contributed by atoms with van der Waals surface area (Å²) in [5.41, 5.74) is 0. The molecule has 0 saturated carbocycles. The smallest absolute Gasteiger partial charge is 0.119 e. The van der Waals surface area contributed by atoms with Gasteiger partial charge in [0.25, 0.3) is 0 Å². The molecular weight excluding hydrogens is 256 g/mol. The van der Waals surface area contributed by atoms with E-state index in [9.17, 15) is 5.11 Å². The van der Waals surface area contributed by atoms with E-state index >= 15 is 0 Å². The van der Waals surface area contributed by atoms with E-state index in [1.807, 2.05) is 23.9 Å². The highest BCUT2D eigenvalue weighted by Gasteiger charge is 2.22. The summed E-state index contributed by atoms with van der Waals surface area (Å²) < 4.78 is 5.56. The first-order valence-electron chi connectivity index (χ1n) is 5.90. The van der Waals surface area contributed by atoms with Crippen LogP contribution in [0.4, 0.5) is 0 Å². The zero-order chi connectivity index (χ0) is 12.1. The SMILES string of the molecule is OC(COc1ccc(Cl)cc1)C1CCSCC1. The molecule has 1 unspecified atom stereocenters. The molecule has 0 radical (unpaired) electrons. The van der Waals surface area contributed by atoms with Crippen LogP contribution in [0.15, 0.2) is 24.3 Å². The average Bonchev–Trinajstić information content (AvgIpc) is 2.39. The summed E-state index contributed by atoms with van der Waals surface area (Å²) in [4.78, 5) is 0. The molecular formula is C13H17ClO2S. The van der Waals surface area contributed by atoms with E-state index in [0.29, 0.717) is 17.5 Å². The van der Waals surface area contributed by atoms with Crippen LogP contribution in [0.2, 0.25) is 5.02 Å². The second-order valence-electron chi connectivity index (χ2n) is 4.28. The molecule has 0 aliphatic carbocycles. The van der Waals surface area contributed by atoms with Gasteiger partial charge in [-0.3, -0.25) is 0 Å². The molecule has 2 rings (SSSR count). The van der Waals surface area contributed by atoms with Gasteiger partial charge in [0.15, 0.2) is 0 Å². The minimum atomic E-state index is -0.355. The van der Waals surface area contributed by atoms with Crippen LogP contribution in [0.5, 0.6) is 5.75 Å². The molecule has 1 aromatic carbocycles. The van der Waals surface area contributed by atoms with Crippen molar-refractivity contribution in [3.63, 3.8) is 0 Å². The minimum Gasteiger partial charge on any atom is -0.491 e. The molecule has 0 spiro atoms. The summed E-state index contributed by atoms with van der Waals surface area (Å²) in [5.74, 6) is 3.47. The van der Waals surface area contributed by atoms with Crippen molar-refractivity contribution in [2.45, 2.75) is 18.9 Å². The lowest BCUT2D eigenvalue weighted by molar-refractivity contribution is 0.0535. The number of ether oxygens (including phenoxy) is 1. The third-order valence-corrected chi connectivity index (χ3v) is 4.35. The summed E-state index contributed by atoms with van der Waals surface area (Å²) in [7, 11) is 0. The van der Waals surface area contributed by atoms with Crippen LogP contribution in [0, 0.1) is 5.92 Å². The normalized spacial score (nSPS) is 18.9. The lowest BCUT2D eigenvalue weighted by Gasteiger charge is -2.26. The minimum absolute atomic E-state index is 0.355. The highest BCUT2D eigenvalue weighted by molar-refractivity contribution is 7.99. The molecule has 94 valence electrons. The van der Waals surface area contributed by atoms with E-state index in [4.69, 9.17) is 16.3 Å². The summed E-state index contributed by atoms with van der Waals surface area (Å²) in [6.07, 6.45) is 1.83. The van der Waals surface area contributed by atoms with Crippen molar-refractivity contribution < 1.29 is 9.84 Å². The number of aliphatic hydroxyl groups excluding tert-OH is 1. The van der Waals surface area contributed by atoms with Crippen LogP contribution in [-0.4, -0.2) is 29.3 Å². The third kappa shape index (κ3) is 4.09. The van der Waals surface area contributed by atoms with Gasteiger partial charge in [-0.1, -0.05) is 11.6 Å². The maximum absolute atomic E-state index is 10.0. The Morgan fingerprint density at radius 2 is 1.94 bits per heavy atom. The van der Waals surface area contributed by atoms with Gasteiger partial charge in [0.1, 0.15) is 12.4 Å². The molecule has 1 aromatic rings. The van der Waals surface area contributed by atoms with Crippen molar-refractivity contribution in [3.05, 3.63) is 29.3 Å². The molecule has 1 N–H and O–H groups in total. The van der Waals surface area contributed by atoms with Crippen LogP contribution < -0.4 is 4.74 Å². The Bertz CT molecular complexity index is 336. The predicted octanol–water partition coefficient (Wildman–Crippen LogP) is 3.22. The van der Waals surface area contributed by atoms with E-state index in [-0.39, 0.29) is 6.10 Å². The Kier molecular flexibility index (Phi) is 5.01. The van der Waals surface area contributed by atoms with Crippen molar-refractivity contribution in [1.29, 1.82) is 0 Å². The molecule has 0 aromatic heterocycles. The van der Waals surface area contributed by atoms with Gasteiger partial charge in [0, 0.05) is 5.02 Å². The monoisotopic (exact) mass is 272 g/mol. The number of rotatable bonds is 4. The first kappa shape index (κ1) is 13.1. The first-order valence-corrected chi connectivity index (χ1v) is 7.43. The zero-order valence-corrected chi connectivity index (χ0v) is 11.2. The van der Waals surface area contributed by atoms with Gasteiger partial charge in [0.2, 0.25) is 0 Å². The van der Waals surface area contributed by atoms with Crippen LogP contribution in [0.1, 0.15) is 12.8 Å². The fourth-order valence-electron chi connectivity index (χ4n) is 1.95. The molecule has 1 fully saturated rings. The van der Waals surface area contributed by atoms with Gasteiger partial charge in [0.05, 0.1) is 6.10 Å². The third-order valence-electron chi connectivity index (χ3n) is 3.04. The fraction of sp³-hybridized carbons (Fsp3) is 0.538. The maximum Gasteiger partial charge on any atom is 0.119 e. The van der Waals surface area contributed by atoms with Crippen LogP contribution in [0.3, 0.4) is 0 Å². The van der Waals surface area contributed by atoms with Gasteiger partial charge in [-0.25, -0.2) is 0 Å². The zero-order valence-electron chi connectivity index (χ0n) is 9.64. The van der Waals surface area contributed by atoms with Crippen molar-refractivity contribution >= 4 is 23.4 Å². The molecule has 0 amide bonds. The second kappa shape index (κ2) is 6.53. The molecule has 0 bridgehead atoms. The molecule has 1 aliphatic heterocycles. The summed E-state index contributed by atoms with van der Waals surface area (Å²) in [5, 5.41) is 10.7. The Morgan fingerprint density at radius 3 is 2.59 bits per heavy atom. The van der Waals surface area contributed by atoms with Crippen LogP contribution in [0.25, 0.3) is 0 Å². The number of hydrogen-bond acceptors (Lipinski definition) is 3. The first-order chi connectivity index (χ1) is 8.25. The molecule has 1 atom stereocenters. The van der Waals surface area contributed by atoms with E-state index in [0.717, 1.165) is 30.1 Å². The van der Waals surface area contributed by atoms with Gasteiger partial charge in [-0.15, -0.1) is 0 Å². The molecule has 4 heteroatoms. The maximum atomic E-state index is 10.0. The van der Waals surface area contributed by atoms with Gasteiger partial charge in [-0.2, -0.15) is 11.8 Å². The molecule has 1 saturated heterocycles. The Labute approximate surface area is 111 Å². The Balaban J connectivity index is 1.78. The number of thioether (sulfide) groups is 1. The molecule has 2 nitrogen and oxygen atoms in total. The summed E-state index contributed by atoms with van der Waals surface area (Å²) in [6.45, 7) is 0.372. The second-order valence-corrected chi connectivity index (χ2v) is 5.94. The van der Waals surface area contributed by atoms with E-state index in [1.165, 1.54) is 0 Å². The largest absolute Gasteiger partial charge is 0.491 e. The van der Waals surface area contributed by atoms with Crippen molar-refractivity contribution in [3.8, 4) is 5.75 Å². The van der Waals surface area contributed by atoms with Crippen molar-refractivity contribution in [2.75, 3.05) is 18.1 Å². The molecule has 17 heavy (non-hydrogen) atoms. The number of benzene rings is 1. The van der Waals surface area contributed by atoms with Gasteiger partial charge >= 0.3 is 0 Å². The lowest BCUT2D eigenvalue weighted by atomic mass is 9.96. The van der Waals surface area contributed by atoms with Crippen LogP contribution in [-0.2, 0) is 0 Å². The fourth-order valence-corrected chi connectivity index (χ4v) is 3.22. The number of aliphatic hydroxyl groups is 1. The van der Waals surface area contributed by atoms with Crippen molar-refractivity contribution in [1.82, 2.24) is 0 Å². The Morgan fingerprint density at radius 1 is 1.29 bits per heavy atom. The van der Waals surface area contributed by atoms with Crippen LogP contribution >= 0.6 is 23.4 Å². The number of hydrogen-bond donors (Lipinski definition) is 1. The lowest BCUT2D eigenvalue weighted by Crippen LogP contribution is -2.30. The van der Waals surface area contributed by atoms with E-state index in [1.54, 1.807) is 12.1 Å². The topological polar surface area (TPSA) is 29.5 Å². The van der Waals surface area contributed by atoms with Gasteiger partial charge in [-0.05, 0) is 54.5 Å². The predicted molar refractivity (Wildman–Crippen MR) is 73.0 cm³/mol. The number of halogens is 1. The molecule has 1 heterocycles. The molecule has 1 aliphatic rings. The highest BCUT2D eigenvalue weighted by Crippen LogP contribution is 2.26. The van der Waals surface area contributed by atoms with Crippen molar-refractivity contribution in [2.24, 2.45) is 5.92 Å². The van der Waals surface area contributed by atoms with E-state index < -0.39 is 0 Å². The quantitative estimate of drug-likeness (QED) is 0.913. The summed E-state index contributed by atoms with van der Waals surface area (Å²) >= 11 is 7.75. The Hall–Kier alpha value is -0.380.